The summed E-state index contributed by atoms with van der Waals surface area (Å²) in [6.07, 6.45) is 4.50. The average Bonchev–Trinajstić information content (AvgIpc) is 2.39. The largest absolute Gasteiger partial charge is 1.00 e. The Hall–Kier alpha value is -0.345. The van der Waals surface area contributed by atoms with Crippen LogP contribution in [0.3, 0.4) is 0 Å². The van der Waals surface area contributed by atoms with Crippen molar-refractivity contribution in [2.45, 2.75) is 32.7 Å². The Balaban J connectivity index is 0.000001000. The molecule has 2 nitrogen and oxygen atoms in total. The van der Waals surface area contributed by atoms with Crippen LogP contribution in [0.15, 0.2) is 30.5 Å². The standard InChI is InChI=1S/C16H20N2.B.Na/c1-11-3-6-15(17-9-11)14-5-4-13-7-12(2)10-18-16(13)8-14;;/h4-5,7-8,10-11,15,17H,3,6,9H2,1-2H3;;/q;-1;+1. The van der Waals surface area contributed by atoms with Crippen LogP contribution in [0.2, 0.25) is 0 Å². The summed E-state index contributed by atoms with van der Waals surface area (Å²) < 4.78 is 0. The summed E-state index contributed by atoms with van der Waals surface area (Å²) in [5.41, 5.74) is 3.71. The maximum atomic E-state index is 4.52. The zero-order valence-electron chi connectivity index (χ0n) is 12.7. The second-order valence-electron chi connectivity index (χ2n) is 5.61. The van der Waals surface area contributed by atoms with Gasteiger partial charge in [-0.05, 0) is 55.5 Å². The molecule has 0 spiro atoms. The summed E-state index contributed by atoms with van der Waals surface area (Å²) in [6, 6.07) is 9.39. The minimum Gasteiger partial charge on any atom is -1.00 e. The molecule has 4 radical (unpaired) electrons. The van der Waals surface area contributed by atoms with Gasteiger partial charge in [-0.2, -0.15) is 0 Å². The number of nitrogens with one attached hydrogen (secondary N) is 1. The number of rotatable bonds is 1. The summed E-state index contributed by atoms with van der Waals surface area (Å²) in [4.78, 5) is 4.52. The van der Waals surface area contributed by atoms with Crippen molar-refractivity contribution in [3.8, 4) is 0 Å². The number of nitrogens with zero attached hydrogens (tertiary/aromatic N) is 1. The number of hydrogen-bond acceptors (Lipinski definition) is 2. The summed E-state index contributed by atoms with van der Waals surface area (Å²) in [7, 11) is 0. The van der Waals surface area contributed by atoms with Crippen LogP contribution in [0.5, 0.6) is 0 Å². The molecule has 1 aliphatic rings. The molecule has 2 atom stereocenters. The molecular weight excluding hydrogens is 254 g/mol. The van der Waals surface area contributed by atoms with Gasteiger partial charge >= 0.3 is 29.6 Å². The van der Waals surface area contributed by atoms with Gasteiger partial charge in [0.15, 0.2) is 0 Å². The second kappa shape index (κ2) is 7.60. The molecule has 2 heterocycles. The first-order valence-corrected chi connectivity index (χ1v) is 6.82. The van der Waals surface area contributed by atoms with Crippen molar-refractivity contribution in [3.05, 3.63) is 41.6 Å². The number of pyridine rings is 1. The van der Waals surface area contributed by atoms with E-state index in [0.29, 0.717) is 6.04 Å². The average molecular weight is 274 g/mol. The number of aromatic nitrogens is 1. The summed E-state index contributed by atoms with van der Waals surface area (Å²) in [5, 5.41) is 4.87. The third kappa shape index (κ3) is 3.85. The van der Waals surface area contributed by atoms with Gasteiger partial charge in [0.05, 0.1) is 5.52 Å². The molecule has 1 N–H and O–H groups in total. The van der Waals surface area contributed by atoms with Crippen LogP contribution in [-0.2, 0) is 0 Å². The van der Waals surface area contributed by atoms with Gasteiger partial charge in [-0.25, -0.2) is 0 Å². The molecule has 98 valence electrons. The Bertz CT molecular complexity index is 565. The minimum absolute atomic E-state index is 0. The van der Waals surface area contributed by atoms with Crippen molar-refractivity contribution < 1.29 is 29.6 Å². The molecule has 2 aromatic rings. The van der Waals surface area contributed by atoms with Gasteiger partial charge in [-0.3, -0.25) is 4.98 Å². The van der Waals surface area contributed by atoms with Crippen molar-refractivity contribution >= 4 is 19.3 Å². The van der Waals surface area contributed by atoms with Crippen LogP contribution in [0.4, 0.5) is 0 Å². The van der Waals surface area contributed by atoms with Crippen LogP contribution >= 0.6 is 0 Å². The fourth-order valence-electron chi connectivity index (χ4n) is 2.75. The number of piperidine rings is 1. The van der Waals surface area contributed by atoms with Gasteiger partial charge in [-0.15, -0.1) is 0 Å². The van der Waals surface area contributed by atoms with E-state index in [0.717, 1.165) is 18.0 Å². The Kier molecular flexibility index (Phi) is 6.73. The fraction of sp³-hybridized carbons (Fsp3) is 0.438. The Morgan fingerprint density at radius 3 is 2.70 bits per heavy atom. The smallest absolute Gasteiger partial charge is 1.00 e. The molecule has 0 saturated carbocycles. The van der Waals surface area contributed by atoms with E-state index in [1.165, 1.54) is 29.4 Å². The van der Waals surface area contributed by atoms with Crippen LogP contribution in [-0.4, -0.2) is 19.9 Å². The molecular formula is C16H20BN2Na. The van der Waals surface area contributed by atoms with Gasteiger partial charge < -0.3 is 13.7 Å². The monoisotopic (exact) mass is 274 g/mol. The summed E-state index contributed by atoms with van der Waals surface area (Å²) in [6.45, 7) is 5.53. The van der Waals surface area contributed by atoms with Gasteiger partial charge in [-0.1, -0.05) is 19.1 Å². The molecule has 3 rings (SSSR count). The number of benzene rings is 1. The van der Waals surface area contributed by atoms with Crippen LogP contribution in [0.1, 0.15) is 36.9 Å². The van der Waals surface area contributed by atoms with Gasteiger partial charge in [0.1, 0.15) is 0 Å². The zero-order valence-corrected chi connectivity index (χ0v) is 14.7. The van der Waals surface area contributed by atoms with Crippen molar-refractivity contribution in [2.24, 2.45) is 5.92 Å². The van der Waals surface area contributed by atoms with Crippen molar-refractivity contribution in [1.29, 1.82) is 0 Å². The van der Waals surface area contributed by atoms with Gasteiger partial charge in [0.25, 0.3) is 0 Å². The van der Waals surface area contributed by atoms with Crippen LogP contribution < -0.4 is 34.9 Å². The fourth-order valence-corrected chi connectivity index (χ4v) is 2.75. The molecule has 0 amide bonds. The maximum Gasteiger partial charge on any atom is 1.00 e. The number of hydrogen-bond donors (Lipinski definition) is 1. The predicted octanol–water partition coefficient (Wildman–Crippen LogP) is 0.227. The van der Waals surface area contributed by atoms with Crippen molar-refractivity contribution in [2.75, 3.05) is 6.54 Å². The Labute approximate surface area is 145 Å². The summed E-state index contributed by atoms with van der Waals surface area (Å²) >= 11 is 0. The molecule has 4 heteroatoms. The third-order valence-corrected chi connectivity index (χ3v) is 3.91. The molecule has 1 aromatic carbocycles. The van der Waals surface area contributed by atoms with Gasteiger partial charge in [0.2, 0.25) is 0 Å². The molecule has 2 unspecified atom stereocenters. The van der Waals surface area contributed by atoms with Crippen molar-refractivity contribution in [1.82, 2.24) is 10.3 Å². The first-order chi connectivity index (χ1) is 8.72. The SMILES string of the molecule is Cc1cnc2cc(C3CCC(C)CN3)ccc2c1.[B-].[Na+]. The minimum atomic E-state index is 0. The second-order valence-corrected chi connectivity index (χ2v) is 5.61. The topological polar surface area (TPSA) is 24.9 Å². The summed E-state index contributed by atoms with van der Waals surface area (Å²) in [5.74, 6) is 0.808. The predicted molar refractivity (Wildman–Crippen MR) is 81.4 cm³/mol. The van der Waals surface area contributed by atoms with Crippen LogP contribution in [0, 0.1) is 12.8 Å². The van der Waals surface area contributed by atoms with E-state index in [1.54, 1.807) is 0 Å². The Morgan fingerprint density at radius 2 is 2.00 bits per heavy atom. The van der Waals surface area contributed by atoms with E-state index in [9.17, 15) is 0 Å². The maximum absolute atomic E-state index is 4.52. The molecule has 0 aliphatic carbocycles. The Morgan fingerprint density at radius 1 is 1.20 bits per heavy atom. The zero-order chi connectivity index (χ0) is 12.5. The normalized spacial score (nSPS) is 21.9. The number of aryl methyl sites for hydroxylation is 1. The quantitative estimate of drug-likeness (QED) is 0.753. The molecule has 1 aliphatic heterocycles. The van der Waals surface area contributed by atoms with Gasteiger partial charge in [0, 0.05) is 17.6 Å². The van der Waals surface area contributed by atoms with Crippen molar-refractivity contribution in [3.63, 3.8) is 0 Å². The van der Waals surface area contributed by atoms with E-state index in [-0.39, 0.29) is 38.0 Å². The number of fused-ring (bicyclic) bond motifs is 1. The van der Waals surface area contributed by atoms with E-state index in [1.807, 2.05) is 6.20 Å². The van der Waals surface area contributed by atoms with Crippen LogP contribution in [0.25, 0.3) is 10.9 Å². The molecule has 0 bridgehead atoms. The van der Waals surface area contributed by atoms with E-state index in [4.69, 9.17) is 0 Å². The molecule has 1 saturated heterocycles. The first-order valence-electron chi connectivity index (χ1n) is 6.82. The molecule has 1 aromatic heterocycles. The van der Waals surface area contributed by atoms with E-state index in [2.05, 4.69) is 48.4 Å². The molecule has 1 fully saturated rings. The van der Waals surface area contributed by atoms with E-state index < -0.39 is 0 Å². The third-order valence-electron chi connectivity index (χ3n) is 3.91. The first kappa shape index (κ1) is 17.7. The molecule has 20 heavy (non-hydrogen) atoms. The van der Waals surface area contributed by atoms with E-state index >= 15 is 0 Å².